The van der Waals surface area contributed by atoms with E-state index in [1.165, 1.54) is 11.1 Å². The van der Waals surface area contributed by atoms with Crippen molar-refractivity contribution >= 4 is 40.5 Å². The van der Waals surface area contributed by atoms with E-state index in [9.17, 15) is 9.59 Å². The number of benzene rings is 1. The number of carbonyl (C=O) groups excluding carboxylic acids is 2. The summed E-state index contributed by atoms with van der Waals surface area (Å²) in [5, 5.41) is 3.22. The van der Waals surface area contributed by atoms with Gasteiger partial charge in [-0.3, -0.25) is 9.59 Å². The van der Waals surface area contributed by atoms with Crippen LogP contribution in [0.5, 0.6) is 0 Å². The molecule has 1 unspecified atom stereocenters. The number of thioether (sulfide) groups is 1. The maximum absolute atomic E-state index is 13.4. The second-order valence-corrected chi connectivity index (χ2v) is 10.4. The Balaban J connectivity index is 1.38. The number of hydrogen-bond donors (Lipinski definition) is 1. The van der Waals surface area contributed by atoms with E-state index < -0.39 is 18.2 Å². The Morgan fingerprint density at radius 1 is 1.25 bits per heavy atom. The second kappa shape index (κ2) is 10.7. The molecule has 2 saturated heterocycles. The third-order valence-corrected chi connectivity index (χ3v) is 8.45. The number of amides is 1. The van der Waals surface area contributed by atoms with Gasteiger partial charge in [-0.15, -0.1) is 11.8 Å². The highest BCUT2D eigenvalue weighted by Gasteiger charge is 2.46. The number of hydrogen-bond acceptors (Lipinski definition) is 7. The molecule has 1 aliphatic carbocycles. The van der Waals surface area contributed by atoms with Crippen LogP contribution in [0.2, 0.25) is 0 Å². The lowest BCUT2D eigenvalue weighted by Crippen LogP contribution is -2.53. The predicted molar refractivity (Wildman–Crippen MR) is 130 cm³/mol. The molecule has 1 aromatic rings. The van der Waals surface area contributed by atoms with Crippen LogP contribution in [0.4, 0.5) is 0 Å². The Hall–Kier alpha value is -1.32. The van der Waals surface area contributed by atoms with E-state index >= 15 is 0 Å². The van der Waals surface area contributed by atoms with Gasteiger partial charge >= 0.3 is 0 Å². The van der Waals surface area contributed by atoms with Crippen LogP contribution in [0.15, 0.2) is 24.3 Å². The fourth-order valence-electron chi connectivity index (χ4n) is 5.24. The van der Waals surface area contributed by atoms with E-state index in [0.717, 1.165) is 31.4 Å². The largest absolute Gasteiger partial charge is 0.354 e. The maximum atomic E-state index is 13.4. The molecule has 0 aromatic heterocycles. The minimum atomic E-state index is -0.586. The van der Waals surface area contributed by atoms with Crippen LogP contribution in [0, 0.1) is 11.8 Å². The molecule has 1 N–H and O–H groups in total. The Labute approximate surface area is 199 Å². The predicted octanol–water partition coefficient (Wildman–Crippen LogP) is 2.62. The Bertz CT molecular complexity index is 860. The quantitative estimate of drug-likeness (QED) is 0.457. The molecular formula is C24H32N2O4S2. The molecule has 3 aliphatic rings. The first kappa shape index (κ1) is 23.8. The number of rotatable bonds is 8. The highest BCUT2D eigenvalue weighted by atomic mass is 32.2. The van der Waals surface area contributed by atoms with E-state index in [1.54, 1.807) is 30.9 Å². The number of fused-ring (bicyclic) bond motifs is 1. The average Bonchev–Trinajstić information content (AvgIpc) is 3.45. The van der Waals surface area contributed by atoms with Crippen molar-refractivity contribution in [2.75, 3.05) is 32.4 Å². The minimum absolute atomic E-state index is 0.0797. The van der Waals surface area contributed by atoms with Gasteiger partial charge in [0.15, 0.2) is 6.29 Å². The molecule has 0 saturated carbocycles. The summed E-state index contributed by atoms with van der Waals surface area (Å²) in [6, 6.07) is 7.84. The van der Waals surface area contributed by atoms with Gasteiger partial charge in [-0.25, -0.2) is 0 Å². The zero-order chi connectivity index (χ0) is 22.7. The summed E-state index contributed by atoms with van der Waals surface area (Å²) >= 11 is 7.20. The van der Waals surface area contributed by atoms with Gasteiger partial charge in [0.2, 0.25) is 5.91 Å². The van der Waals surface area contributed by atoms with Crippen molar-refractivity contribution in [3.05, 3.63) is 35.4 Å². The number of nitrogens with one attached hydrogen (secondary N) is 1. The molecule has 2 aliphatic heterocycles. The zero-order valence-corrected chi connectivity index (χ0v) is 20.4. The molecule has 1 amide bonds. The number of thiocarbonyl (C=S) groups is 1. The standard InChI is InChI=1S/C24H32N2O4S2/c1-29-24(30-2)18-13-32-14-26(18)23(28)22-21(20(31)12-25-22)19(27)10-8-15-7-9-16-5-3-4-6-17(16)11-15/h3-6,15,18,21-22,24-25H,7-14H2,1-2H3/t15-,18+,21?,22+/m1/s1. The topological polar surface area (TPSA) is 67.9 Å². The molecule has 4 atom stereocenters. The van der Waals surface area contributed by atoms with Gasteiger partial charge in [-0.1, -0.05) is 36.5 Å². The van der Waals surface area contributed by atoms with Gasteiger partial charge in [0, 0.05) is 37.8 Å². The summed E-state index contributed by atoms with van der Waals surface area (Å²) in [6.07, 6.45) is 4.06. The summed E-state index contributed by atoms with van der Waals surface area (Å²) in [6.45, 7) is 0.433. The van der Waals surface area contributed by atoms with E-state index in [1.807, 2.05) is 0 Å². The molecule has 1 aromatic carbocycles. The van der Waals surface area contributed by atoms with E-state index in [4.69, 9.17) is 21.7 Å². The average molecular weight is 477 g/mol. The summed E-state index contributed by atoms with van der Waals surface area (Å²) in [7, 11) is 3.16. The number of Topliss-reactive ketones (excluding diaryl/α,β-unsaturated/α-hetero) is 1. The molecule has 0 radical (unpaired) electrons. The highest BCUT2D eigenvalue weighted by Crippen LogP contribution is 2.31. The Morgan fingerprint density at radius 3 is 2.75 bits per heavy atom. The van der Waals surface area contributed by atoms with Crippen LogP contribution in [0.25, 0.3) is 0 Å². The molecule has 2 fully saturated rings. The van der Waals surface area contributed by atoms with Crippen molar-refractivity contribution < 1.29 is 19.1 Å². The third kappa shape index (κ3) is 4.94. The van der Waals surface area contributed by atoms with Gasteiger partial charge in [0.05, 0.1) is 17.8 Å². The van der Waals surface area contributed by atoms with Crippen LogP contribution in [-0.4, -0.2) is 72.2 Å². The molecule has 2 heterocycles. The fourth-order valence-corrected chi connectivity index (χ4v) is 6.79. The van der Waals surface area contributed by atoms with Crippen LogP contribution in [0.1, 0.15) is 30.4 Å². The normalized spacial score (nSPS) is 27.7. The smallest absolute Gasteiger partial charge is 0.241 e. The number of ether oxygens (including phenoxy) is 2. The Morgan fingerprint density at radius 2 is 2.00 bits per heavy atom. The van der Waals surface area contributed by atoms with Crippen molar-refractivity contribution in [1.29, 1.82) is 0 Å². The van der Waals surface area contributed by atoms with Gasteiger partial charge in [-0.05, 0) is 42.7 Å². The summed E-state index contributed by atoms with van der Waals surface area (Å²) in [5.74, 6) is 1.31. The van der Waals surface area contributed by atoms with Crippen molar-refractivity contribution in [2.45, 2.75) is 50.5 Å². The third-order valence-electron chi connectivity index (χ3n) is 7.02. The number of aryl methyl sites for hydroxylation is 1. The van der Waals surface area contributed by atoms with Crippen LogP contribution in [-0.2, 0) is 31.9 Å². The van der Waals surface area contributed by atoms with E-state index in [2.05, 4.69) is 29.6 Å². The molecule has 0 spiro atoms. The minimum Gasteiger partial charge on any atom is -0.354 e. The first-order chi connectivity index (χ1) is 15.5. The monoisotopic (exact) mass is 476 g/mol. The summed E-state index contributed by atoms with van der Waals surface area (Å²) in [4.78, 5) is 29.1. The zero-order valence-electron chi connectivity index (χ0n) is 18.7. The second-order valence-electron chi connectivity index (χ2n) is 8.90. The molecule has 174 valence electrons. The van der Waals surface area contributed by atoms with Gasteiger partial charge in [0.1, 0.15) is 11.8 Å². The van der Waals surface area contributed by atoms with Gasteiger partial charge < -0.3 is 19.7 Å². The first-order valence-electron chi connectivity index (χ1n) is 11.3. The van der Waals surface area contributed by atoms with Crippen molar-refractivity contribution in [3.63, 3.8) is 0 Å². The van der Waals surface area contributed by atoms with Crippen LogP contribution < -0.4 is 5.32 Å². The van der Waals surface area contributed by atoms with Crippen molar-refractivity contribution in [2.24, 2.45) is 11.8 Å². The Kier molecular flexibility index (Phi) is 8.00. The number of carbonyl (C=O) groups is 2. The number of methoxy groups -OCH3 is 2. The lowest BCUT2D eigenvalue weighted by atomic mass is 9.80. The van der Waals surface area contributed by atoms with Crippen molar-refractivity contribution in [3.8, 4) is 0 Å². The van der Waals surface area contributed by atoms with Gasteiger partial charge in [0.25, 0.3) is 0 Å². The number of ketones is 1. The lowest BCUT2D eigenvalue weighted by molar-refractivity contribution is -0.157. The summed E-state index contributed by atoms with van der Waals surface area (Å²) < 4.78 is 10.8. The van der Waals surface area contributed by atoms with E-state index in [-0.39, 0.29) is 17.7 Å². The van der Waals surface area contributed by atoms with Crippen LogP contribution >= 0.6 is 24.0 Å². The molecule has 0 bridgehead atoms. The first-order valence-corrected chi connectivity index (χ1v) is 12.9. The molecular weight excluding hydrogens is 444 g/mol. The van der Waals surface area contributed by atoms with Gasteiger partial charge in [-0.2, -0.15) is 0 Å². The maximum Gasteiger partial charge on any atom is 0.241 e. The molecule has 32 heavy (non-hydrogen) atoms. The van der Waals surface area contributed by atoms with Crippen molar-refractivity contribution in [1.82, 2.24) is 10.2 Å². The van der Waals surface area contributed by atoms with E-state index in [0.29, 0.717) is 29.6 Å². The molecule has 8 heteroatoms. The molecule has 6 nitrogen and oxygen atoms in total. The number of nitrogens with zero attached hydrogens (tertiary/aromatic N) is 1. The fraction of sp³-hybridized carbons (Fsp3) is 0.625. The SMILES string of the molecule is COC(OC)[C@@H]1CSCN1C(=O)[C@H]1NCC(=S)C1C(=O)CC[C@H]1CCc2ccccc2C1. The highest BCUT2D eigenvalue weighted by molar-refractivity contribution is 7.99. The summed E-state index contributed by atoms with van der Waals surface area (Å²) in [5.41, 5.74) is 2.84. The van der Waals surface area contributed by atoms with Crippen LogP contribution in [0.3, 0.4) is 0 Å². The lowest BCUT2D eigenvalue weighted by Gasteiger charge is -2.32. The molecule has 4 rings (SSSR count).